The van der Waals surface area contributed by atoms with E-state index in [9.17, 15) is 9.50 Å². The van der Waals surface area contributed by atoms with Gasteiger partial charge in [0.15, 0.2) is 0 Å². The summed E-state index contributed by atoms with van der Waals surface area (Å²) < 4.78 is 14.2. The van der Waals surface area contributed by atoms with Crippen LogP contribution in [0.1, 0.15) is 17.2 Å². The molecular formula is C15H15BrFNO. The monoisotopic (exact) mass is 323 g/mol. The fraction of sp³-hybridized carbons (Fsp3) is 0.200. The minimum Gasteiger partial charge on any atom is -0.394 e. The van der Waals surface area contributed by atoms with Gasteiger partial charge in [-0.1, -0.05) is 24.3 Å². The highest BCUT2D eigenvalue weighted by atomic mass is 79.9. The van der Waals surface area contributed by atoms with Crippen LogP contribution in [0.3, 0.4) is 0 Å². The molecule has 4 heteroatoms. The molecule has 0 saturated carbocycles. The van der Waals surface area contributed by atoms with Crippen LogP contribution >= 0.6 is 15.9 Å². The summed E-state index contributed by atoms with van der Waals surface area (Å²) in [5, 5.41) is 12.8. The van der Waals surface area contributed by atoms with Gasteiger partial charge in [0.1, 0.15) is 5.82 Å². The number of halogens is 2. The molecule has 0 bridgehead atoms. The summed E-state index contributed by atoms with van der Waals surface area (Å²) in [4.78, 5) is 0. The lowest BCUT2D eigenvalue weighted by atomic mass is 10.0. The van der Waals surface area contributed by atoms with Gasteiger partial charge < -0.3 is 10.4 Å². The molecule has 0 radical (unpaired) electrons. The summed E-state index contributed by atoms with van der Waals surface area (Å²) in [6.07, 6.45) is 0. The van der Waals surface area contributed by atoms with E-state index in [0.717, 1.165) is 15.7 Å². The van der Waals surface area contributed by atoms with Crippen LogP contribution in [-0.2, 0) is 0 Å². The molecule has 0 aliphatic carbocycles. The zero-order valence-corrected chi connectivity index (χ0v) is 12.1. The summed E-state index contributed by atoms with van der Waals surface area (Å²) in [5.74, 6) is -0.235. The summed E-state index contributed by atoms with van der Waals surface area (Å²) in [7, 11) is 0. The van der Waals surface area contributed by atoms with Gasteiger partial charge >= 0.3 is 0 Å². The van der Waals surface area contributed by atoms with E-state index in [1.54, 1.807) is 19.1 Å². The molecular weight excluding hydrogens is 309 g/mol. The molecule has 0 heterocycles. The predicted octanol–water partition coefficient (Wildman–Crippen LogP) is 4.04. The third-order valence-electron chi connectivity index (χ3n) is 2.97. The topological polar surface area (TPSA) is 32.3 Å². The molecule has 0 fully saturated rings. The zero-order chi connectivity index (χ0) is 13.8. The number of anilines is 1. The molecule has 0 spiro atoms. The van der Waals surface area contributed by atoms with Crippen LogP contribution < -0.4 is 5.32 Å². The van der Waals surface area contributed by atoms with Crippen molar-refractivity contribution in [2.24, 2.45) is 0 Å². The number of nitrogens with one attached hydrogen (secondary N) is 1. The van der Waals surface area contributed by atoms with Crippen molar-refractivity contribution >= 4 is 21.6 Å². The molecule has 0 aliphatic heterocycles. The van der Waals surface area contributed by atoms with Crippen LogP contribution in [0.25, 0.3) is 0 Å². The number of hydrogen-bond acceptors (Lipinski definition) is 2. The van der Waals surface area contributed by atoms with Gasteiger partial charge in [-0.25, -0.2) is 4.39 Å². The van der Waals surface area contributed by atoms with Gasteiger partial charge in [-0.2, -0.15) is 0 Å². The molecule has 0 saturated heterocycles. The maximum atomic E-state index is 13.3. The lowest BCUT2D eigenvalue weighted by Crippen LogP contribution is -2.15. The van der Waals surface area contributed by atoms with Crippen LogP contribution in [0.15, 0.2) is 46.9 Å². The predicted molar refractivity (Wildman–Crippen MR) is 78.7 cm³/mol. The number of aryl methyl sites for hydroxylation is 1. The third kappa shape index (κ3) is 3.33. The van der Waals surface area contributed by atoms with Crippen molar-refractivity contribution in [3.8, 4) is 0 Å². The average Bonchev–Trinajstić information content (AvgIpc) is 2.41. The van der Waals surface area contributed by atoms with Crippen molar-refractivity contribution in [2.45, 2.75) is 13.0 Å². The Morgan fingerprint density at radius 1 is 1.26 bits per heavy atom. The molecule has 2 rings (SSSR count). The highest BCUT2D eigenvalue weighted by molar-refractivity contribution is 9.10. The van der Waals surface area contributed by atoms with E-state index in [2.05, 4.69) is 21.2 Å². The zero-order valence-electron chi connectivity index (χ0n) is 10.5. The van der Waals surface area contributed by atoms with Gasteiger partial charge in [-0.3, -0.25) is 0 Å². The Morgan fingerprint density at radius 3 is 2.63 bits per heavy atom. The first kappa shape index (κ1) is 14.0. The fourth-order valence-electron chi connectivity index (χ4n) is 1.88. The Labute approximate surface area is 120 Å². The number of aliphatic hydroxyl groups excluding tert-OH is 1. The SMILES string of the molecule is Cc1cc(C(CO)Nc2ccccc2Br)ccc1F. The number of aliphatic hydroxyl groups is 1. The van der Waals surface area contributed by atoms with E-state index < -0.39 is 0 Å². The van der Waals surface area contributed by atoms with E-state index in [4.69, 9.17) is 0 Å². The van der Waals surface area contributed by atoms with Gasteiger partial charge in [-0.05, 0) is 52.2 Å². The Hall–Kier alpha value is -1.39. The second-order valence-corrected chi connectivity index (χ2v) is 5.22. The summed E-state index contributed by atoms with van der Waals surface area (Å²) >= 11 is 3.45. The Kier molecular flexibility index (Phi) is 4.56. The second-order valence-electron chi connectivity index (χ2n) is 4.37. The largest absolute Gasteiger partial charge is 0.394 e. The van der Waals surface area contributed by atoms with Gasteiger partial charge in [0.25, 0.3) is 0 Å². The second kappa shape index (κ2) is 6.17. The Bertz CT molecular complexity index is 574. The highest BCUT2D eigenvalue weighted by Gasteiger charge is 2.12. The fourth-order valence-corrected chi connectivity index (χ4v) is 2.28. The van der Waals surface area contributed by atoms with Crippen molar-refractivity contribution in [3.63, 3.8) is 0 Å². The van der Waals surface area contributed by atoms with E-state index in [-0.39, 0.29) is 18.5 Å². The maximum Gasteiger partial charge on any atom is 0.126 e. The first-order valence-electron chi connectivity index (χ1n) is 6.00. The summed E-state index contributed by atoms with van der Waals surface area (Å²) in [5.41, 5.74) is 2.32. The lowest BCUT2D eigenvalue weighted by molar-refractivity contribution is 0.276. The molecule has 2 N–H and O–H groups in total. The first-order chi connectivity index (χ1) is 9.11. The minimum atomic E-state index is -0.266. The number of rotatable bonds is 4. The normalized spacial score (nSPS) is 12.2. The molecule has 2 aromatic rings. The van der Waals surface area contributed by atoms with Crippen molar-refractivity contribution in [1.29, 1.82) is 0 Å². The van der Waals surface area contributed by atoms with Crippen LogP contribution in [0.4, 0.5) is 10.1 Å². The third-order valence-corrected chi connectivity index (χ3v) is 3.66. The van der Waals surface area contributed by atoms with E-state index in [1.807, 2.05) is 24.3 Å². The first-order valence-corrected chi connectivity index (χ1v) is 6.79. The number of para-hydroxylation sites is 1. The minimum absolute atomic E-state index is 0.0631. The van der Waals surface area contributed by atoms with Crippen molar-refractivity contribution in [1.82, 2.24) is 0 Å². The van der Waals surface area contributed by atoms with Gasteiger partial charge in [0.05, 0.1) is 12.6 Å². The van der Waals surface area contributed by atoms with Crippen LogP contribution in [0.5, 0.6) is 0 Å². The van der Waals surface area contributed by atoms with Crippen molar-refractivity contribution in [2.75, 3.05) is 11.9 Å². The van der Waals surface area contributed by atoms with Crippen LogP contribution in [-0.4, -0.2) is 11.7 Å². The molecule has 0 amide bonds. The molecule has 2 nitrogen and oxygen atoms in total. The standard InChI is InChI=1S/C15H15BrFNO/c1-10-8-11(6-7-13(10)17)15(9-19)18-14-5-3-2-4-12(14)16/h2-8,15,18-19H,9H2,1H3. The molecule has 1 atom stereocenters. The van der Waals surface area contributed by atoms with Gasteiger partial charge in [0, 0.05) is 10.2 Å². The number of hydrogen-bond donors (Lipinski definition) is 2. The van der Waals surface area contributed by atoms with Crippen molar-refractivity contribution < 1.29 is 9.50 Å². The van der Waals surface area contributed by atoms with E-state index in [1.165, 1.54) is 6.07 Å². The summed E-state index contributed by atoms with van der Waals surface area (Å²) in [6.45, 7) is 1.65. The lowest BCUT2D eigenvalue weighted by Gasteiger charge is -2.19. The quantitative estimate of drug-likeness (QED) is 0.889. The highest BCUT2D eigenvalue weighted by Crippen LogP contribution is 2.26. The van der Waals surface area contributed by atoms with Gasteiger partial charge in [0.2, 0.25) is 0 Å². The smallest absolute Gasteiger partial charge is 0.126 e. The average molecular weight is 324 g/mol. The van der Waals surface area contributed by atoms with Crippen molar-refractivity contribution in [3.05, 3.63) is 63.9 Å². The molecule has 0 aromatic heterocycles. The van der Waals surface area contributed by atoms with Crippen LogP contribution in [0, 0.1) is 12.7 Å². The molecule has 100 valence electrons. The Balaban J connectivity index is 2.25. The van der Waals surface area contributed by atoms with E-state index >= 15 is 0 Å². The summed E-state index contributed by atoms with van der Waals surface area (Å²) in [6, 6.07) is 12.3. The number of benzene rings is 2. The molecule has 1 unspecified atom stereocenters. The maximum absolute atomic E-state index is 13.3. The Morgan fingerprint density at radius 2 is 2.00 bits per heavy atom. The van der Waals surface area contributed by atoms with Crippen LogP contribution in [0.2, 0.25) is 0 Å². The molecule has 2 aromatic carbocycles. The molecule has 19 heavy (non-hydrogen) atoms. The van der Waals surface area contributed by atoms with E-state index in [0.29, 0.717) is 5.56 Å². The molecule has 0 aliphatic rings. The van der Waals surface area contributed by atoms with Gasteiger partial charge in [-0.15, -0.1) is 0 Å².